The average molecular weight is 300 g/mol. The third-order valence-electron chi connectivity index (χ3n) is 4.86. The quantitative estimate of drug-likeness (QED) is 0.497. The van der Waals surface area contributed by atoms with Gasteiger partial charge in [-0.15, -0.1) is 0 Å². The van der Waals surface area contributed by atoms with Crippen molar-refractivity contribution in [2.75, 3.05) is 7.11 Å². The van der Waals surface area contributed by atoms with E-state index in [1.165, 1.54) is 38.5 Å². The van der Waals surface area contributed by atoms with Crippen LogP contribution in [0.4, 0.5) is 0 Å². The first-order valence-corrected chi connectivity index (χ1v) is 8.74. The summed E-state index contributed by atoms with van der Waals surface area (Å²) in [5.41, 5.74) is 0. The van der Waals surface area contributed by atoms with Crippen molar-refractivity contribution in [3.63, 3.8) is 0 Å². The summed E-state index contributed by atoms with van der Waals surface area (Å²) in [7, 11) is 1.65. The highest BCUT2D eigenvalue weighted by atomic mass is 16.8. The molecule has 124 valence electrons. The third kappa shape index (κ3) is 4.41. The molecule has 21 heavy (non-hydrogen) atoms. The molecule has 2 rings (SSSR count). The summed E-state index contributed by atoms with van der Waals surface area (Å²) in [4.78, 5) is 0. The Morgan fingerprint density at radius 1 is 1.00 bits per heavy atom. The van der Waals surface area contributed by atoms with Gasteiger partial charge in [0.25, 0.3) is 0 Å². The van der Waals surface area contributed by atoms with Crippen LogP contribution in [-0.2, 0) is 14.2 Å². The summed E-state index contributed by atoms with van der Waals surface area (Å²) in [5.74, 6) is 0.416. The molecule has 0 aromatic carbocycles. The van der Waals surface area contributed by atoms with Gasteiger partial charge in [0, 0.05) is 7.11 Å². The molecule has 6 unspecified atom stereocenters. The minimum absolute atomic E-state index is 0.0619. The molecule has 0 saturated carbocycles. The molecule has 4 heteroatoms. The number of rotatable bonds is 10. The Bertz CT molecular complexity index is 297. The van der Waals surface area contributed by atoms with Crippen LogP contribution in [0, 0.1) is 5.92 Å². The molecule has 1 N–H and O–H groups in total. The summed E-state index contributed by atoms with van der Waals surface area (Å²) in [5, 5.41) is 10.6. The zero-order chi connectivity index (χ0) is 15.2. The van der Waals surface area contributed by atoms with E-state index in [1.54, 1.807) is 7.11 Å². The van der Waals surface area contributed by atoms with Gasteiger partial charge >= 0.3 is 0 Å². The van der Waals surface area contributed by atoms with E-state index in [9.17, 15) is 5.11 Å². The highest BCUT2D eigenvalue weighted by Gasteiger charge is 2.57. The SMILES string of the molecule is CCCCCCC(CCCC)C1OC2OC2C(OC)C1O. The normalized spacial score (nSPS) is 36.3. The lowest BCUT2D eigenvalue weighted by molar-refractivity contribution is -0.160. The van der Waals surface area contributed by atoms with Crippen molar-refractivity contribution in [2.45, 2.75) is 95.9 Å². The van der Waals surface area contributed by atoms with Crippen LogP contribution in [-0.4, -0.2) is 42.9 Å². The molecule has 0 aromatic rings. The Morgan fingerprint density at radius 2 is 1.71 bits per heavy atom. The maximum atomic E-state index is 10.6. The molecule has 6 atom stereocenters. The topological polar surface area (TPSA) is 51.2 Å². The lowest BCUT2D eigenvalue weighted by Gasteiger charge is -2.36. The molecule has 2 aliphatic heterocycles. The fraction of sp³-hybridized carbons (Fsp3) is 1.00. The molecular weight excluding hydrogens is 268 g/mol. The highest BCUT2D eigenvalue weighted by Crippen LogP contribution is 2.41. The number of ether oxygens (including phenoxy) is 3. The molecule has 0 amide bonds. The number of methoxy groups -OCH3 is 1. The van der Waals surface area contributed by atoms with Crippen molar-refractivity contribution < 1.29 is 19.3 Å². The molecule has 0 radical (unpaired) electrons. The van der Waals surface area contributed by atoms with Crippen molar-refractivity contribution >= 4 is 0 Å². The number of unbranched alkanes of at least 4 members (excludes halogenated alkanes) is 4. The van der Waals surface area contributed by atoms with E-state index in [2.05, 4.69) is 13.8 Å². The van der Waals surface area contributed by atoms with Crippen LogP contribution in [0.2, 0.25) is 0 Å². The van der Waals surface area contributed by atoms with Crippen molar-refractivity contribution in [1.82, 2.24) is 0 Å². The predicted molar refractivity (Wildman–Crippen MR) is 82.1 cm³/mol. The number of aliphatic hydroxyl groups is 1. The molecule has 0 spiro atoms. The largest absolute Gasteiger partial charge is 0.388 e. The third-order valence-corrected chi connectivity index (χ3v) is 4.86. The standard InChI is InChI=1S/C17H32O4/c1-4-6-8-9-11-12(10-7-5-2)14-13(18)15(19-3)16-17(20-14)21-16/h12-18H,4-11H2,1-3H3. The van der Waals surface area contributed by atoms with Crippen LogP contribution in [0.15, 0.2) is 0 Å². The molecule has 0 bridgehead atoms. The van der Waals surface area contributed by atoms with E-state index in [0.717, 1.165) is 12.8 Å². The average Bonchev–Trinajstić information content (AvgIpc) is 3.25. The van der Waals surface area contributed by atoms with Gasteiger partial charge in [0.15, 0.2) is 6.29 Å². The van der Waals surface area contributed by atoms with Crippen molar-refractivity contribution in [2.24, 2.45) is 5.92 Å². The summed E-state index contributed by atoms with van der Waals surface area (Å²) in [6, 6.07) is 0. The van der Waals surface area contributed by atoms with Crippen molar-refractivity contribution in [3.8, 4) is 0 Å². The number of aliphatic hydroxyl groups excluding tert-OH is 1. The van der Waals surface area contributed by atoms with Crippen LogP contribution in [0.3, 0.4) is 0 Å². The zero-order valence-corrected chi connectivity index (χ0v) is 13.8. The molecule has 4 nitrogen and oxygen atoms in total. The molecule has 2 fully saturated rings. The Hall–Kier alpha value is -0.160. The fourth-order valence-corrected chi connectivity index (χ4v) is 3.50. The van der Waals surface area contributed by atoms with Gasteiger partial charge in [-0.05, 0) is 18.8 Å². The van der Waals surface area contributed by atoms with Gasteiger partial charge in [0.2, 0.25) is 0 Å². The second-order valence-electron chi connectivity index (χ2n) is 6.51. The number of epoxide rings is 1. The molecule has 2 heterocycles. The van der Waals surface area contributed by atoms with Crippen molar-refractivity contribution in [3.05, 3.63) is 0 Å². The van der Waals surface area contributed by atoms with Crippen LogP contribution < -0.4 is 0 Å². The smallest absolute Gasteiger partial charge is 0.187 e. The monoisotopic (exact) mass is 300 g/mol. The van der Waals surface area contributed by atoms with Gasteiger partial charge in [0.05, 0.1) is 6.10 Å². The van der Waals surface area contributed by atoms with Gasteiger partial charge in [-0.1, -0.05) is 52.4 Å². The lowest BCUT2D eigenvalue weighted by atomic mass is 9.84. The van der Waals surface area contributed by atoms with Crippen molar-refractivity contribution in [1.29, 1.82) is 0 Å². The summed E-state index contributed by atoms with van der Waals surface area (Å²) in [6.45, 7) is 4.45. The first-order chi connectivity index (χ1) is 10.2. The Labute approximate surface area is 129 Å². The Balaban J connectivity index is 1.90. The molecule has 0 aromatic heterocycles. The van der Waals surface area contributed by atoms with Crippen LogP contribution in [0.1, 0.15) is 65.2 Å². The van der Waals surface area contributed by atoms with Crippen LogP contribution in [0.25, 0.3) is 0 Å². The van der Waals surface area contributed by atoms with E-state index in [1.807, 2.05) is 0 Å². The number of hydrogen-bond donors (Lipinski definition) is 1. The Morgan fingerprint density at radius 3 is 2.38 bits per heavy atom. The Kier molecular flexibility index (Phi) is 6.93. The summed E-state index contributed by atoms with van der Waals surface area (Å²) < 4.78 is 16.9. The second-order valence-corrected chi connectivity index (χ2v) is 6.51. The van der Waals surface area contributed by atoms with Gasteiger partial charge in [-0.2, -0.15) is 0 Å². The number of fused-ring (bicyclic) bond motifs is 1. The molecule has 2 saturated heterocycles. The fourth-order valence-electron chi connectivity index (χ4n) is 3.50. The van der Waals surface area contributed by atoms with E-state index in [0.29, 0.717) is 5.92 Å². The van der Waals surface area contributed by atoms with E-state index in [-0.39, 0.29) is 24.6 Å². The molecule has 0 aliphatic carbocycles. The van der Waals surface area contributed by atoms with E-state index >= 15 is 0 Å². The van der Waals surface area contributed by atoms with Crippen LogP contribution in [0.5, 0.6) is 0 Å². The van der Waals surface area contributed by atoms with Crippen LogP contribution >= 0.6 is 0 Å². The van der Waals surface area contributed by atoms with E-state index < -0.39 is 6.10 Å². The first-order valence-electron chi connectivity index (χ1n) is 8.74. The first kappa shape index (κ1) is 17.2. The van der Waals surface area contributed by atoms with Gasteiger partial charge < -0.3 is 19.3 Å². The number of hydrogen-bond acceptors (Lipinski definition) is 4. The predicted octanol–water partition coefficient (Wildman–Crippen LogP) is 3.26. The van der Waals surface area contributed by atoms with Gasteiger partial charge in [-0.3, -0.25) is 0 Å². The molecule has 2 aliphatic rings. The van der Waals surface area contributed by atoms with Gasteiger partial charge in [-0.25, -0.2) is 0 Å². The molecular formula is C17H32O4. The maximum Gasteiger partial charge on any atom is 0.187 e. The lowest BCUT2D eigenvalue weighted by Crippen LogP contribution is -2.51. The van der Waals surface area contributed by atoms with Gasteiger partial charge in [0.1, 0.15) is 18.3 Å². The minimum Gasteiger partial charge on any atom is -0.388 e. The maximum absolute atomic E-state index is 10.6. The van der Waals surface area contributed by atoms with E-state index in [4.69, 9.17) is 14.2 Å². The second kappa shape index (κ2) is 8.47. The zero-order valence-electron chi connectivity index (χ0n) is 13.8. The summed E-state index contributed by atoms with van der Waals surface area (Å²) in [6.07, 6.45) is 8.55. The minimum atomic E-state index is -0.563. The highest BCUT2D eigenvalue weighted by molar-refractivity contribution is 5.00. The summed E-state index contributed by atoms with van der Waals surface area (Å²) >= 11 is 0.